The van der Waals surface area contributed by atoms with Crippen LogP contribution in [0, 0.1) is 5.92 Å². The van der Waals surface area contributed by atoms with Crippen LogP contribution in [0.25, 0.3) is 0 Å². The minimum absolute atomic E-state index is 0.313. The monoisotopic (exact) mass is 194 g/mol. The zero-order valence-corrected chi connectivity index (χ0v) is 8.91. The molecule has 2 heteroatoms. The van der Waals surface area contributed by atoms with Crippen molar-refractivity contribution in [2.45, 2.75) is 50.6 Å². The summed E-state index contributed by atoms with van der Waals surface area (Å²) >= 11 is 0. The van der Waals surface area contributed by atoms with Gasteiger partial charge < -0.3 is 11.1 Å². The van der Waals surface area contributed by atoms with Crippen LogP contribution in [0.2, 0.25) is 0 Å². The van der Waals surface area contributed by atoms with Crippen molar-refractivity contribution in [3.05, 3.63) is 12.2 Å². The molecular formula is C12H22N2. The van der Waals surface area contributed by atoms with E-state index in [1.165, 1.54) is 32.1 Å². The van der Waals surface area contributed by atoms with E-state index < -0.39 is 0 Å². The molecule has 0 aliphatic heterocycles. The summed E-state index contributed by atoms with van der Waals surface area (Å²) in [7, 11) is 0. The first-order chi connectivity index (χ1) is 6.84. The van der Waals surface area contributed by atoms with Crippen molar-refractivity contribution in [3.8, 4) is 0 Å². The fourth-order valence-corrected chi connectivity index (χ4v) is 2.58. The zero-order valence-electron chi connectivity index (χ0n) is 8.91. The molecule has 0 aromatic heterocycles. The molecular weight excluding hydrogens is 172 g/mol. The summed E-state index contributed by atoms with van der Waals surface area (Å²) < 4.78 is 0. The highest BCUT2D eigenvalue weighted by Gasteiger charge is 2.18. The SMILES string of the molecule is NC1C=CC(CNC2CCCCC2)C1. The van der Waals surface area contributed by atoms with Crippen LogP contribution in [0.5, 0.6) is 0 Å². The minimum atomic E-state index is 0.313. The Morgan fingerprint density at radius 2 is 1.93 bits per heavy atom. The van der Waals surface area contributed by atoms with Crippen molar-refractivity contribution in [1.82, 2.24) is 5.32 Å². The minimum Gasteiger partial charge on any atom is -0.324 e. The molecule has 80 valence electrons. The second-order valence-corrected chi connectivity index (χ2v) is 4.79. The van der Waals surface area contributed by atoms with Gasteiger partial charge >= 0.3 is 0 Å². The summed E-state index contributed by atoms with van der Waals surface area (Å²) in [6.07, 6.45) is 12.6. The van der Waals surface area contributed by atoms with E-state index >= 15 is 0 Å². The van der Waals surface area contributed by atoms with Crippen molar-refractivity contribution in [1.29, 1.82) is 0 Å². The van der Waals surface area contributed by atoms with Gasteiger partial charge in [0.05, 0.1) is 0 Å². The van der Waals surface area contributed by atoms with E-state index in [1.807, 2.05) is 0 Å². The van der Waals surface area contributed by atoms with E-state index in [1.54, 1.807) is 0 Å². The molecule has 14 heavy (non-hydrogen) atoms. The number of nitrogens with one attached hydrogen (secondary N) is 1. The van der Waals surface area contributed by atoms with Gasteiger partial charge in [-0.15, -0.1) is 0 Å². The molecule has 2 nitrogen and oxygen atoms in total. The van der Waals surface area contributed by atoms with Crippen LogP contribution in [0.4, 0.5) is 0 Å². The smallest absolute Gasteiger partial charge is 0.0229 e. The maximum atomic E-state index is 5.82. The Kier molecular flexibility index (Phi) is 3.60. The highest BCUT2D eigenvalue weighted by Crippen LogP contribution is 2.19. The molecule has 2 unspecified atom stereocenters. The Labute approximate surface area is 86.9 Å². The van der Waals surface area contributed by atoms with E-state index in [-0.39, 0.29) is 0 Å². The lowest BCUT2D eigenvalue weighted by molar-refractivity contribution is 0.357. The van der Waals surface area contributed by atoms with Gasteiger partial charge in [-0.05, 0) is 25.2 Å². The van der Waals surface area contributed by atoms with Crippen LogP contribution in [0.15, 0.2) is 12.2 Å². The van der Waals surface area contributed by atoms with Gasteiger partial charge in [0.15, 0.2) is 0 Å². The van der Waals surface area contributed by atoms with Crippen molar-refractivity contribution >= 4 is 0 Å². The van der Waals surface area contributed by atoms with Gasteiger partial charge in [-0.25, -0.2) is 0 Å². The topological polar surface area (TPSA) is 38.0 Å². The van der Waals surface area contributed by atoms with Crippen molar-refractivity contribution in [3.63, 3.8) is 0 Å². The third-order valence-corrected chi connectivity index (χ3v) is 3.48. The van der Waals surface area contributed by atoms with E-state index in [0.29, 0.717) is 12.0 Å². The third-order valence-electron chi connectivity index (χ3n) is 3.48. The normalized spacial score (nSPS) is 33.8. The van der Waals surface area contributed by atoms with E-state index in [4.69, 9.17) is 5.73 Å². The lowest BCUT2D eigenvalue weighted by Crippen LogP contribution is -2.34. The summed E-state index contributed by atoms with van der Waals surface area (Å²) in [5, 5.41) is 3.68. The molecule has 2 rings (SSSR count). The second kappa shape index (κ2) is 4.94. The molecule has 2 aliphatic rings. The molecule has 0 radical (unpaired) electrons. The summed E-state index contributed by atoms with van der Waals surface area (Å²) in [5.74, 6) is 0.687. The van der Waals surface area contributed by atoms with E-state index in [9.17, 15) is 0 Å². The van der Waals surface area contributed by atoms with Gasteiger partial charge in [0, 0.05) is 18.6 Å². The molecule has 0 amide bonds. The Bertz CT molecular complexity index is 194. The predicted octanol–water partition coefficient (Wildman–Crippen LogP) is 1.81. The maximum Gasteiger partial charge on any atom is 0.0229 e. The lowest BCUT2D eigenvalue weighted by atomic mass is 9.95. The fraction of sp³-hybridized carbons (Fsp3) is 0.833. The van der Waals surface area contributed by atoms with Crippen molar-refractivity contribution < 1.29 is 0 Å². The molecule has 1 fully saturated rings. The van der Waals surface area contributed by atoms with Crippen molar-refractivity contribution in [2.24, 2.45) is 11.7 Å². The molecule has 2 aliphatic carbocycles. The van der Waals surface area contributed by atoms with Crippen molar-refractivity contribution in [2.75, 3.05) is 6.54 Å². The third kappa shape index (κ3) is 2.82. The molecule has 2 atom stereocenters. The quantitative estimate of drug-likeness (QED) is 0.672. The first-order valence-electron chi connectivity index (χ1n) is 6.02. The largest absolute Gasteiger partial charge is 0.324 e. The lowest BCUT2D eigenvalue weighted by Gasteiger charge is -2.24. The van der Waals surface area contributed by atoms with Crippen LogP contribution in [-0.4, -0.2) is 18.6 Å². The molecule has 0 bridgehead atoms. The van der Waals surface area contributed by atoms with Gasteiger partial charge in [-0.2, -0.15) is 0 Å². The summed E-state index contributed by atoms with van der Waals surface area (Å²) in [6, 6.07) is 1.10. The highest BCUT2D eigenvalue weighted by molar-refractivity contribution is 5.05. The fourth-order valence-electron chi connectivity index (χ4n) is 2.58. The van der Waals surface area contributed by atoms with E-state index in [0.717, 1.165) is 19.0 Å². The van der Waals surface area contributed by atoms with Gasteiger partial charge in [-0.3, -0.25) is 0 Å². The van der Waals surface area contributed by atoms with Gasteiger partial charge in [0.1, 0.15) is 0 Å². The molecule has 0 aromatic rings. The summed E-state index contributed by atoms with van der Waals surface area (Å²) in [5.41, 5.74) is 5.82. The van der Waals surface area contributed by atoms with Crippen LogP contribution in [0.3, 0.4) is 0 Å². The molecule has 3 N–H and O–H groups in total. The summed E-state index contributed by atoms with van der Waals surface area (Å²) in [6.45, 7) is 1.13. The Morgan fingerprint density at radius 3 is 2.57 bits per heavy atom. The molecule has 0 saturated heterocycles. The Morgan fingerprint density at radius 1 is 1.14 bits per heavy atom. The highest BCUT2D eigenvalue weighted by atomic mass is 14.9. The van der Waals surface area contributed by atoms with Gasteiger partial charge in [-0.1, -0.05) is 31.4 Å². The average molecular weight is 194 g/mol. The van der Waals surface area contributed by atoms with Crippen LogP contribution < -0.4 is 11.1 Å². The number of nitrogens with two attached hydrogens (primary N) is 1. The number of hydrogen-bond acceptors (Lipinski definition) is 2. The Hall–Kier alpha value is -0.340. The first kappa shape index (κ1) is 10.2. The van der Waals surface area contributed by atoms with Crippen LogP contribution in [-0.2, 0) is 0 Å². The zero-order chi connectivity index (χ0) is 9.80. The Balaban J connectivity index is 1.64. The maximum absolute atomic E-state index is 5.82. The molecule has 1 saturated carbocycles. The summed E-state index contributed by atoms with van der Waals surface area (Å²) in [4.78, 5) is 0. The predicted molar refractivity (Wildman–Crippen MR) is 60.1 cm³/mol. The standard InChI is InChI=1S/C12H22N2/c13-11-7-6-10(8-11)9-14-12-4-2-1-3-5-12/h6-7,10-12,14H,1-5,8-9,13H2. The van der Waals surface area contributed by atoms with E-state index in [2.05, 4.69) is 17.5 Å². The molecule has 0 spiro atoms. The van der Waals surface area contributed by atoms with Crippen LogP contribution >= 0.6 is 0 Å². The molecule has 0 aromatic carbocycles. The number of hydrogen-bond donors (Lipinski definition) is 2. The van der Waals surface area contributed by atoms with Gasteiger partial charge in [0.25, 0.3) is 0 Å². The average Bonchev–Trinajstić information content (AvgIpc) is 2.63. The second-order valence-electron chi connectivity index (χ2n) is 4.79. The molecule has 0 heterocycles. The van der Waals surface area contributed by atoms with Gasteiger partial charge in [0.2, 0.25) is 0 Å². The first-order valence-corrected chi connectivity index (χ1v) is 6.02. The number of rotatable bonds is 3. The van der Waals surface area contributed by atoms with Crippen LogP contribution in [0.1, 0.15) is 38.5 Å².